The van der Waals surface area contributed by atoms with Crippen LogP contribution in [0.1, 0.15) is 0 Å². The van der Waals surface area contributed by atoms with Crippen LogP contribution in [-0.2, 0) is 0 Å². The van der Waals surface area contributed by atoms with Crippen molar-refractivity contribution in [1.82, 2.24) is 15.0 Å². The first kappa shape index (κ1) is 8.11. The number of aromatic nitrogens is 3. The smallest absolute Gasteiger partial charge is 0.266 e. The molecule has 3 aromatic rings. The minimum absolute atomic E-state index is 0.210. The monoisotopic (exact) mass is 197 g/mol. The van der Waals surface area contributed by atoms with Crippen LogP contribution in [0.15, 0.2) is 41.6 Å². The van der Waals surface area contributed by atoms with Gasteiger partial charge in [0.15, 0.2) is 0 Å². The van der Waals surface area contributed by atoms with Crippen molar-refractivity contribution in [2.75, 3.05) is 0 Å². The van der Waals surface area contributed by atoms with Gasteiger partial charge in [0.25, 0.3) is 5.56 Å². The molecule has 0 spiro atoms. The molecule has 1 N–H and O–H groups in total. The Morgan fingerprint density at radius 3 is 3.00 bits per heavy atom. The number of nitrogens with one attached hydrogen (secondary N) is 1. The number of benzene rings is 1. The zero-order valence-electron chi connectivity index (χ0n) is 7.77. The molecule has 1 aromatic carbocycles. The van der Waals surface area contributed by atoms with Crippen LogP contribution in [-0.4, -0.2) is 15.0 Å². The van der Waals surface area contributed by atoms with Crippen LogP contribution in [0.25, 0.3) is 21.8 Å². The molecule has 0 aliphatic rings. The maximum Gasteiger partial charge on any atom is 0.266 e. The molecule has 2 heterocycles. The summed E-state index contributed by atoms with van der Waals surface area (Å²) < 4.78 is 0. The number of hydrogen-bond acceptors (Lipinski definition) is 3. The van der Waals surface area contributed by atoms with Crippen LogP contribution in [0.5, 0.6) is 0 Å². The van der Waals surface area contributed by atoms with Gasteiger partial charge in [0, 0.05) is 23.2 Å². The summed E-state index contributed by atoms with van der Waals surface area (Å²) in [6.07, 6.45) is 4.66. The van der Waals surface area contributed by atoms with Crippen molar-refractivity contribution in [3.05, 3.63) is 47.1 Å². The highest BCUT2D eigenvalue weighted by atomic mass is 16.1. The second kappa shape index (κ2) is 2.88. The number of fused-ring (bicyclic) bond motifs is 3. The van der Waals surface area contributed by atoms with Crippen molar-refractivity contribution in [3.63, 3.8) is 0 Å². The van der Waals surface area contributed by atoms with E-state index in [-0.39, 0.29) is 5.56 Å². The second-order valence-corrected chi connectivity index (χ2v) is 3.30. The largest absolute Gasteiger partial charge is 0.320 e. The third kappa shape index (κ3) is 1.19. The molecule has 0 saturated carbocycles. The van der Waals surface area contributed by atoms with Gasteiger partial charge in [-0.2, -0.15) is 0 Å². The van der Waals surface area contributed by atoms with E-state index in [1.165, 1.54) is 6.20 Å². The average Bonchev–Trinajstić information content (AvgIpc) is 2.61. The summed E-state index contributed by atoms with van der Waals surface area (Å²) in [7, 11) is 0. The first-order chi connectivity index (χ1) is 7.34. The lowest BCUT2D eigenvalue weighted by Crippen LogP contribution is -1.99. The predicted octanol–water partition coefficient (Wildman–Crippen LogP) is 1.47. The van der Waals surface area contributed by atoms with Gasteiger partial charge in [-0.1, -0.05) is 0 Å². The Kier molecular flexibility index (Phi) is 1.56. The van der Waals surface area contributed by atoms with Crippen molar-refractivity contribution >= 4 is 21.8 Å². The van der Waals surface area contributed by atoms with E-state index >= 15 is 0 Å². The Morgan fingerprint density at radius 1 is 1.13 bits per heavy atom. The molecular formula is C11H7N3O. The van der Waals surface area contributed by atoms with Crippen LogP contribution < -0.4 is 5.56 Å². The summed E-state index contributed by atoms with van der Waals surface area (Å²) in [5.41, 5.74) is 1.45. The standard InChI is InChI=1S/C11H7N3O/c15-10-6-12-5-7-1-2-9-8(3-4-13-9)11(7)14-10/h1-6H,(H,14,15). The Labute approximate surface area is 84.6 Å². The van der Waals surface area contributed by atoms with Crippen LogP contribution in [0, 0.1) is 0 Å². The van der Waals surface area contributed by atoms with E-state index in [1.807, 2.05) is 18.2 Å². The van der Waals surface area contributed by atoms with Crippen LogP contribution >= 0.6 is 0 Å². The molecular weight excluding hydrogens is 190 g/mol. The highest BCUT2D eigenvalue weighted by Crippen LogP contribution is 2.20. The van der Waals surface area contributed by atoms with Crippen LogP contribution in [0.2, 0.25) is 0 Å². The number of H-pyrrole nitrogens is 1. The molecule has 4 nitrogen and oxygen atoms in total. The van der Waals surface area contributed by atoms with Crippen molar-refractivity contribution in [1.29, 1.82) is 0 Å². The Hall–Kier alpha value is -2.23. The number of rotatable bonds is 0. The molecule has 2 aromatic heterocycles. The maximum absolute atomic E-state index is 11.3. The molecule has 0 atom stereocenters. The van der Waals surface area contributed by atoms with Crippen molar-refractivity contribution in [2.24, 2.45) is 0 Å². The van der Waals surface area contributed by atoms with Gasteiger partial charge in [-0.15, -0.1) is 0 Å². The van der Waals surface area contributed by atoms with E-state index in [2.05, 4.69) is 15.0 Å². The predicted molar refractivity (Wildman–Crippen MR) is 57.7 cm³/mol. The molecule has 4 heteroatoms. The highest BCUT2D eigenvalue weighted by Gasteiger charge is 2.01. The van der Waals surface area contributed by atoms with Gasteiger partial charge < -0.3 is 4.98 Å². The van der Waals surface area contributed by atoms with Crippen molar-refractivity contribution in [3.8, 4) is 0 Å². The lowest BCUT2D eigenvalue weighted by Gasteiger charge is -1.93. The van der Waals surface area contributed by atoms with Crippen LogP contribution in [0.3, 0.4) is 0 Å². The minimum Gasteiger partial charge on any atom is -0.320 e. The normalized spacial score (nSPS) is 10.9. The molecule has 0 bridgehead atoms. The summed E-state index contributed by atoms with van der Waals surface area (Å²) in [5.74, 6) is 0. The Morgan fingerprint density at radius 2 is 2.07 bits per heavy atom. The lowest BCUT2D eigenvalue weighted by atomic mass is 10.2. The minimum atomic E-state index is -0.210. The molecule has 0 saturated heterocycles. The summed E-state index contributed by atoms with van der Waals surface area (Å²) in [6, 6.07) is 5.69. The fourth-order valence-corrected chi connectivity index (χ4v) is 1.69. The van der Waals surface area contributed by atoms with E-state index in [1.54, 1.807) is 12.4 Å². The third-order valence-electron chi connectivity index (χ3n) is 2.36. The van der Waals surface area contributed by atoms with Gasteiger partial charge in [-0.05, 0) is 18.2 Å². The summed E-state index contributed by atoms with van der Waals surface area (Å²) in [5, 5.41) is 1.85. The van der Waals surface area contributed by atoms with Gasteiger partial charge in [0.05, 0.1) is 17.2 Å². The zero-order valence-corrected chi connectivity index (χ0v) is 7.77. The fourth-order valence-electron chi connectivity index (χ4n) is 1.69. The van der Waals surface area contributed by atoms with E-state index in [0.29, 0.717) is 0 Å². The van der Waals surface area contributed by atoms with E-state index in [0.717, 1.165) is 21.8 Å². The van der Waals surface area contributed by atoms with Gasteiger partial charge in [0.2, 0.25) is 0 Å². The first-order valence-electron chi connectivity index (χ1n) is 4.56. The molecule has 0 fully saturated rings. The summed E-state index contributed by atoms with van der Waals surface area (Å²) in [6.45, 7) is 0. The Bertz CT molecular complexity index is 703. The molecule has 0 aliphatic carbocycles. The summed E-state index contributed by atoms with van der Waals surface area (Å²) >= 11 is 0. The molecule has 0 radical (unpaired) electrons. The zero-order chi connectivity index (χ0) is 10.3. The number of nitrogens with zero attached hydrogens (tertiary/aromatic N) is 2. The van der Waals surface area contributed by atoms with Gasteiger partial charge >= 0.3 is 0 Å². The molecule has 0 amide bonds. The molecule has 0 unspecified atom stereocenters. The first-order valence-corrected chi connectivity index (χ1v) is 4.56. The SMILES string of the molecule is O=c1cncc2ccc3nccc3c2[nH]1. The van der Waals surface area contributed by atoms with Gasteiger partial charge in [-0.25, -0.2) is 0 Å². The summed E-state index contributed by atoms with van der Waals surface area (Å²) in [4.78, 5) is 22.2. The lowest BCUT2D eigenvalue weighted by molar-refractivity contribution is 1.26. The molecule has 3 rings (SSSR count). The number of hydrogen-bond donors (Lipinski definition) is 1. The van der Waals surface area contributed by atoms with Crippen LogP contribution in [0.4, 0.5) is 0 Å². The van der Waals surface area contributed by atoms with E-state index in [9.17, 15) is 4.79 Å². The molecule has 15 heavy (non-hydrogen) atoms. The van der Waals surface area contributed by atoms with Gasteiger partial charge in [-0.3, -0.25) is 14.8 Å². The van der Waals surface area contributed by atoms with E-state index in [4.69, 9.17) is 0 Å². The highest BCUT2D eigenvalue weighted by molar-refractivity contribution is 6.03. The average molecular weight is 197 g/mol. The third-order valence-corrected chi connectivity index (χ3v) is 2.36. The maximum atomic E-state index is 11.3. The second-order valence-electron chi connectivity index (χ2n) is 3.30. The molecule has 72 valence electrons. The van der Waals surface area contributed by atoms with Crippen molar-refractivity contribution in [2.45, 2.75) is 0 Å². The molecule has 0 aliphatic heterocycles. The van der Waals surface area contributed by atoms with Gasteiger partial charge in [0.1, 0.15) is 0 Å². The topological polar surface area (TPSA) is 58.6 Å². The fraction of sp³-hybridized carbons (Fsp3) is 0. The van der Waals surface area contributed by atoms with E-state index < -0.39 is 0 Å². The van der Waals surface area contributed by atoms with Crippen molar-refractivity contribution < 1.29 is 0 Å². The quantitative estimate of drug-likeness (QED) is 0.593. The number of aromatic amines is 1. The Balaban J connectivity index is 2.68.